The summed E-state index contributed by atoms with van der Waals surface area (Å²) in [5.41, 5.74) is 3.31. The first-order valence-corrected chi connectivity index (χ1v) is 7.82. The molecule has 6 heteroatoms. The predicted octanol–water partition coefficient (Wildman–Crippen LogP) is 1.78. The molecule has 1 aliphatic rings. The van der Waals surface area contributed by atoms with Gasteiger partial charge in [-0.2, -0.15) is 5.10 Å². The van der Waals surface area contributed by atoms with Crippen LogP contribution in [0, 0.1) is 0 Å². The maximum Gasteiger partial charge on any atom is 0.262 e. The van der Waals surface area contributed by atoms with Crippen molar-refractivity contribution in [2.75, 3.05) is 7.05 Å². The van der Waals surface area contributed by atoms with Crippen molar-refractivity contribution in [3.63, 3.8) is 0 Å². The molecule has 1 N–H and O–H groups in total. The summed E-state index contributed by atoms with van der Waals surface area (Å²) in [6, 6.07) is 8.96. The lowest BCUT2D eigenvalue weighted by Crippen LogP contribution is -2.25. The standard InChI is InChI=1S/C17H19N5O/c1-21(14-8-7-11-5-3-4-6-12(11)14)10-15-19-16-13(17(23)20-15)9-18-22(16)2/h3-6,9,14H,7-8,10H2,1-2H3,(H,19,20,23)/t14-/m1/s1. The van der Waals surface area contributed by atoms with E-state index in [1.807, 2.05) is 0 Å². The number of nitrogens with zero attached hydrogens (tertiary/aromatic N) is 4. The highest BCUT2D eigenvalue weighted by Crippen LogP contribution is 2.35. The lowest BCUT2D eigenvalue weighted by atomic mass is 10.1. The number of fused-ring (bicyclic) bond motifs is 2. The molecular formula is C17H19N5O. The van der Waals surface area contributed by atoms with E-state index < -0.39 is 0 Å². The van der Waals surface area contributed by atoms with Gasteiger partial charge in [0.05, 0.1) is 12.7 Å². The van der Waals surface area contributed by atoms with Gasteiger partial charge in [-0.1, -0.05) is 24.3 Å². The summed E-state index contributed by atoms with van der Waals surface area (Å²) in [6.45, 7) is 0.607. The highest BCUT2D eigenvalue weighted by atomic mass is 16.1. The van der Waals surface area contributed by atoms with Crippen molar-refractivity contribution in [2.24, 2.45) is 7.05 Å². The van der Waals surface area contributed by atoms with Gasteiger partial charge in [0.15, 0.2) is 5.65 Å². The maximum absolute atomic E-state index is 12.1. The molecule has 0 spiro atoms. The van der Waals surface area contributed by atoms with Crippen LogP contribution < -0.4 is 5.56 Å². The molecule has 2 aromatic heterocycles. The lowest BCUT2D eigenvalue weighted by Gasteiger charge is -2.24. The van der Waals surface area contributed by atoms with E-state index in [1.54, 1.807) is 17.9 Å². The van der Waals surface area contributed by atoms with E-state index in [4.69, 9.17) is 0 Å². The summed E-state index contributed by atoms with van der Waals surface area (Å²) in [5, 5.41) is 4.64. The number of H-pyrrole nitrogens is 1. The second-order valence-electron chi connectivity index (χ2n) is 6.19. The van der Waals surface area contributed by atoms with Gasteiger partial charge in [0.25, 0.3) is 5.56 Å². The van der Waals surface area contributed by atoms with Gasteiger partial charge in [0.2, 0.25) is 0 Å². The van der Waals surface area contributed by atoms with Crippen LogP contribution in [0.4, 0.5) is 0 Å². The Morgan fingerprint density at radius 3 is 3.09 bits per heavy atom. The number of hydrogen-bond donors (Lipinski definition) is 1. The molecule has 1 atom stereocenters. The number of nitrogens with one attached hydrogen (secondary N) is 1. The molecule has 4 rings (SSSR count). The van der Waals surface area contributed by atoms with Gasteiger partial charge in [0.1, 0.15) is 11.2 Å². The van der Waals surface area contributed by atoms with Crippen molar-refractivity contribution in [3.8, 4) is 0 Å². The van der Waals surface area contributed by atoms with E-state index in [2.05, 4.69) is 51.3 Å². The molecule has 0 radical (unpaired) electrons. The Kier molecular flexibility index (Phi) is 3.27. The molecule has 118 valence electrons. The third kappa shape index (κ3) is 2.35. The minimum atomic E-state index is -0.127. The number of aromatic amines is 1. The first-order valence-electron chi connectivity index (χ1n) is 7.82. The van der Waals surface area contributed by atoms with Crippen molar-refractivity contribution in [2.45, 2.75) is 25.4 Å². The zero-order chi connectivity index (χ0) is 16.0. The largest absolute Gasteiger partial charge is 0.309 e. The summed E-state index contributed by atoms with van der Waals surface area (Å²) in [7, 11) is 3.88. The summed E-state index contributed by atoms with van der Waals surface area (Å²) in [6.07, 6.45) is 3.77. The molecule has 0 saturated heterocycles. The van der Waals surface area contributed by atoms with Gasteiger partial charge in [0, 0.05) is 13.1 Å². The molecule has 2 heterocycles. The minimum Gasteiger partial charge on any atom is -0.309 e. The van der Waals surface area contributed by atoms with Crippen molar-refractivity contribution >= 4 is 11.0 Å². The summed E-state index contributed by atoms with van der Waals surface area (Å²) < 4.78 is 1.64. The van der Waals surface area contributed by atoms with Crippen LogP contribution in [-0.2, 0) is 20.0 Å². The Bertz CT molecular complexity index is 926. The topological polar surface area (TPSA) is 66.8 Å². The second-order valence-corrected chi connectivity index (χ2v) is 6.19. The van der Waals surface area contributed by atoms with Crippen molar-refractivity contribution in [3.05, 3.63) is 57.8 Å². The molecule has 0 unspecified atom stereocenters. The first kappa shape index (κ1) is 14.1. The van der Waals surface area contributed by atoms with E-state index in [9.17, 15) is 4.79 Å². The summed E-state index contributed by atoms with van der Waals surface area (Å²) >= 11 is 0. The number of aryl methyl sites for hydroxylation is 2. The Morgan fingerprint density at radius 1 is 1.39 bits per heavy atom. The third-order valence-electron chi connectivity index (χ3n) is 4.68. The second kappa shape index (κ2) is 5.31. The molecule has 0 aliphatic heterocycles. The van der Waals surface area contributed by atoms with Crippen molar-refractivity contribution in [1.29, 1.82) is 0 Å². The van der Waals surface area contributed by atoms with Gasteiger partial charge < -0.3 is 4.98 Å². The molecule has 1 aliphatic carbocycles. The van der Waals surface area contributed by atoms with Gasteiger partial charge in [-0.3, -0.25) is 14.4 Å². The predicted molar refractivity (Wildman–Crippen MR) is 88.1 cm³/mol. The number of hydrogen-bond acceptors (Lipinski definition) is 4. The van der Waals surface area contributed by atoms with Gasteiger partial charge in [-0.05, 0) is 31.0 Å². The summed E-state index contributed by atoms with van der Waals surface area (Å²) in [5.74, 6) is 0.679. The lowest BCUT2D eigenvalue weighted by molar-refractivity contribution is 0.230. The smallest absolute Gasteiger partial charge is 0.262 e. The van der Waals surface area contributed by atoms with E-state index in [0.29, 0.717) is 29.4 Å². The van der Waals surface area contributed by atoms with E-state index in [-0.39, 0.29) is 5.56 Å². The van der Waals surface area contributed by atoms with Crippen molar-refractivity contribution < 1.29 is 0 Å². The zero-order valence-corrected chi connectivity index (χ0v) is 13.3. The average Bonchev–Trinajstić information content (AvgIpc) is 3.12. The van der Waals surface area contributed by atoms with E-state index in [1.165, 1.54) is 11.1 Å². The minimum absolute atomic E-state index is 0.127. The Hall–Kier alpha value is -2.47. The molecular weight excluding hydrogens is 290 g/mol. The Labute approximate surface area is 133 Å². The van der Waals surface area contributed by atoms with Crippen LogP contribution in [0.2, 0.25) is 0 Å². The first-order chi connectivity index (χ1) is 11.1. The molecule has 6 nitrogen and oxygen atoms in total. The molecule has 3 aromatic rings. The fourth-order valence-corrected chi connectivity index (χ4v) is 3.49. The van der Waals surface area contributed by atoms with E-state index >= 15 is 0 Å². The maximum atomic E-state index is 12.1. The van der Waals surface area contributed by atoms with Crippen LogP contribution in [0.15, 0.2) is 35.3 Å². The molecule has 0 amide bonds. The summed E-state index contributed by atoms with van der Waals surface area (Å²) in [4.78, 5) is 21.8. The monoisotopic (exact) mass is 309 g/mol. The number of aromatic nitrogens is 4. The Balaban J connectivity index is 1.63. The van der Waals surface area contributed by atoms with Crippen molar-refractivity contribution in [1.82, 2.24) is 24.6 Å². The number of benzene rings is 1. The van der Waals surface area contributed by atoms with Crippen LogP contribution in [-0.4, -0.2) is 31.7 Å². The molecule has 23 heavy (non-hydrogen) atoms. The molecule has 0 bridgehead atoms. The van der Waals surface area contributed by atoms with Crippen LogP contribution in [0.3, 0.4) is 0 Å². The molecule has 0 fully saturated rings. The van der Waals surface area contributed by atoms with Gasteiger partial charge >= 0.3 is 0 Å². The van der Waals surface area contributed by atoms with Crippen LogP contribution >= 0.6 is 0 Å². The fraction of sp³-hybridized carbons (Fsp3) is 0.353. The quantitative estimate of drug-likeness (QED) is 0.801. The zero-order valence-electron chi connectivity index (χ0n) is 13.3. The molecule has 1 aromatic carbocycles. The van der Waals surface area contributed by atoms with Gasteiger partial charge in [-0.25, -0.2) is 4.98 Å². The SMILES string of the molecule is CN(Cc1nc2c(cnn2C)c(=O)[nH]1)[C@@H]1CCc2ccccc21. The third-order valence-corrected chi connectivity index (χ3v) is 4.68. The van der Waals surface area contributed by atoms with Crippen LogP contribution in [0.1, 0.15) is 29.4 Å². The Morgan fingerprint density at radius 2 is 2.22 bits per heavy atom. The van der Waals surface area contributed by atoms with E-state index in [0.717, 1.165) is 12.8 Å². The van der Waals surface area contributed by atoms with Crippen LogP contribution in [0.25, 0.3) is 11.0 Å². The van der Waals surface area contributed by atoms with Gasteiger partial charge in [-0.15, -0.1) is 0 Å². The highest BCUT2D eigenvalue weighted by molar-refractivity contribution is 5.72. The molecule has 0 saturated carbocycles. The normalized spacial score (nSPS) is 17.1. The fourth-order valence-electron chi connectivity index (χ4n) is 3.49. The highest BCUT2D eigenvalue weighted by Gasteiger charge is 2.25. The van der Waals surface area contributed by atoms with Crippen LogP contribution in [0.5, 0.6) is 0 Å². The average molecular weight is 309 g/mol. The number of rotatable bonds is 3.